The fraction of sp³-hybridized carbons (Fsp3) is 0.333. The number of nitrogens with one attached hydrogen (secondary N) is 1. The number of nitrogens with zero attached hydrogens (tertiary/aromatic N) is 6. The van der Waals surface area contributed by atoms with Crippen LogP contribution < -0.4 is 9.80 Å². The SMILES string of the molecule is Cn1c(-c2ccc(Cl)cc2)nn(C[NH+]2CCN(c3ncccn3)CC2)c1=S. The Balaban J connectivity index is 1.45. The van der Waals surface area contributed by atoms with Gasteiger partial charge in [0.1, 0.15) is 0 Å². The molecule has 1 fully saturated rings. The largest absolute Gasteiger partial charge is 0.330 e. The van der Waals surface area contributed by atoms with Gasteiger partial charge in [0, 0.05) is 30.0 Å². The summed E-state index contributed by atoms with van der Waals surface area (Å²) < 4.78 is 4.59. The quantitative estimate of drug-likeness (QED) is 0.669. The Morgan fingerprint density at radius 1 is 1.11 bits per heavy atom. The van der Waals surface area contributed by atoms with Crippen molar-refractivity contribution in [2.24, 2.45) is 7.05 Å². The zero-order valence-electron chi connectivity index (χ0n) is 15.0. The molecular formula is C18H21ClN7S+. The molecule has 1 saturated heterocycles. The molecule has 3 aromatic rings. The van der Waals surface area contributed by atoms with Crippen molar-refractivity contribution >= 4 is 29.8 Å². The molecule has 0 aliphatic carbocycles. The summed E-state index contributed by atoms with van der Waals surface area (Å²) in [6.07, 6.45) is 3.57. The van der Waals surface area contributed by atoms with Gasteiger partial charge in [-0.1, -0.05) is 11.6 Å². The third kappa shape index (κ3) is 3.87. The lowest BCUT2D eigenvalue weighted by Crippen LogP contribution is -3.14. The van der Waals surface area contributed by atoms with Gasteiger partial charge in [0.05, 0.1) is 26.2 Å². The number of anilines is 1. The summed E-state index contributed by atoms with van der Waals surface area (Å²) in [4.78, 5) is 12.3. The molecule has 0 amide bonds. The van der Waals surface area contributed by atoms with E-state index in [1.54, 1.807) is 12.4 Å². The maximum atomic E-state index is 5.99. The molecule has 0 radical (unpaired) electrons. The van der Waals surface area contributed by atoms with Crippen LogP contribution in [0.15, 0.2) is 42.7 Å². The minimum atomic E-state index is 0.712. The van der Waals surface area contributed by atoms with Crippen LogP contribution in [0.1, 0.15) is 0 Å². The number of aromatic nitrogens is 5. The van der Waals surface area contributed by atoms with E-state index in [9.17, 15) is 0 Å². The standard InChI is InChI=1S/C18H20ClN7S/c1-23-16(14-3-5-15(19)6-4-14)22-26(18(23)27)13-24-9-11-25(12-10-24)17-20-7-2-8-21-17/h2-8H,9-13H2,1H3/p+1. The van der Waals surface area contributed by atoms with Crippen LogP contribution in [-0.4, -0.2) is 50.5 Å². The first-order valence-corrected chi connectivity index (χ1v) is 9.66. The molecule has 0 spiro atoms. The minimum absolute atomic E-state index is 0.712. The van der Waals surface area contributed by atoms with E-state index in [2.05, 4.69) is 14.9 Å². The Labute approximate surface area is 167 Å². The van der Waals surface area contributed by atoms with Crippen LogP contribution in [0.4, 0.5) is 5.95 Å². The molecule has 140 valence electrons. The zero-order valence-corrected chi connectivity index (χ0v) is 16.6. The Morgan fingerprint density at radius 3 is 2.44 bits per heavy atom. The Bertz CT molecular complexity index is 960. The average Bonchev–Trinajstić information content (AvgIpc) is 2.98. The van der Waals surface area contributed by atoms with Crippen molar-refractivity contribution in [3.63, 3.8) is 0 Å². The number of halogens is 1. The van der Waals surface area contributed by atoms with Gasteiger partial charge in [-0.3, -0.25) is 0 Å². The van der Waals surface area contributed by atoms with Crippen LogP contribution in [0.25, 0.3) is 11.4 Å². The molecule has 9 heteroatoms. The van der Waals surface area contributed by atoms with Gasteiger partial charge in [-0.15, -0.1) is 5.10 Å². The molecule has 1 aromatic carbocycles. The van der Waals surface area contributed by atoms with E-state index >= 15 is 0 Å². The topological polar surface area (TPSA) is 56.2 Å². The summed E-state index contributed by atoms with van der Waals surface area (Å²) in [7, 11) is 1.95. The number of piperazine rings is 1. The first-order valence-electron chi connectivity index (χ1n) is 8.87. The lowest BCUT2D eigenvalue weighted by molar-refractivity contribution is -0.924. The van der Waals surface area contributed by atoms with Gasteiger partial charge in [0.2, 0.25) is 10.7 Å². The van der Waals surface area contributed by atoms with Crippen molar-refractivity contribution in [3.8, 4) is 11.4 Å². The number of hydrogen-bond donors (Lipinski definition) is 1. The fourth-order valence-corrected chi connectivity index (χ4v) is 3.61. The maximum absolute atomic E-state index is 5.99. The van der Waals surface area contributed by atoms with Crippen LogP contribution in [0.2, 0.25) is 5.02 Å². The van der Waals surface area contributed by atoms with Crippen LogP contribution in [-0.2, 0) is 13.7 Å². The lowest BCUT2D eigenvalue weighted by atomic mass is 10.2. The highest BCUT2D eigenvalue weighted by Crippen LogP contribution is 2.19. The van der Waals surface area contributed by atoms with Crippen LogP contribution in [0.3, 0.4) is 0 Å². The second-order valence-corrected chi connectivity index (χ2v) is 7.42. The van der Waals surface area contributed by atoms with Crippen LogP contribution >= 0.6 is 23.8 Å². The molecule has 0 saturated carbocycles. The van der Waals surface area contributed by atoms with E-state index in [1.807, 2.05) is 46.6 Å². The Kier molecular flexibility index (Phi) is 5.20. The van der Waals surface area contributed by atoms with Gasteiger partial charge >= 0.3 is 0 Å². The van der Waals surface area contributed by atoms with E-state index in [-0.39, 0.29) is 0 Å². The van der Waals surface area contributed by atoms with Crippen LogP contribution in [0.5, 0.6) is 0 Å². The molecule has 0 atom stereocenters. The second kappa shape index (κ2) is 7.75. The number of rotatable bonds is 4. The van der Waals surface area contributed by atoms with Crippen molar-refractivity contribution < 1.29 is 4.90 Å². The van der Waals surface area contributed by atoms with E-state index in [0.29, 0.717) is 5.02 Å². The summed E-state index contributed by atoms with van der Waals surface area (Å²) >= 11 is 11.6. The molecule has 1 aliphatic heterocycles. The molecule has 27 heavy (non-hydrogen) atoms. The van der Waals surface area contributed by atoms with Crippen LogP contribution in [0, 0.1) is 4.77 Å². The van der Waals surface area contributed by atoms with Gasteiger partial charge in [-0.05, 0) is 42.5 Å². The average molecular weight is 403 g/mol. The summed E-state index contributed by atoms with van der Waals surface area (Å²) in [5.41, 5.74) is 1.01. The fourth-order valence-electron chi connectivity index (χ4n) is 3.29. The second-order valence-electron chi connectivity index (χ2n) is 6.62. The highest BCUT2D eigenvalue weighted by molar-refractivity contribution is 7.71. The number of benzene rings is 1. The van der Waals surface area contributed by atoms with Gasteiger partial charge in [0.15, 0.2) is 12.5 Å². The molecular weight excluding hydrogens is 382 g/mol. The van der Waals surface area contributed by atoms with Crippen molar-refractivity contribution in [3.05, 3.63) is 52.5 Å². The summed E-state index contributed by atoms with van der Waals surface area (Å²) in [6, 6.07) is 9.51. The lowest BCUT2D eigenvalue weighted by Gasteiger charge is -2.31. The predicted molar refractivity (Wildman–Crippen MR) is 107 cm³/mol. The zero-order chi connectivity index (χ0) is 18.8. The van der Waals surface area contributed by atoms with Crippen molar-refractivity contribution in [1.82, 2.24) is 24.3 Å². The van der Waals surface area contributed by atoms with Gasteiger partial charge in [-0.25, -0.2) is 9.97 Å². The predicted octanol–water partition coefficient (Wildman–Crippen LogP) is 1.42. The molecule has 7 nitrogen and oxygen atoms in total. The molecule has 4 rings (SSSR count). The molecule has 3 heterocycles. The smallest absolute Gasteiger partial charge is 0.225 e. The molecule has 0 unspecified atom stereocenters. The van der Waals surface area contributed by atoms with Crippen molar-refractivity contribution in [1.29, 1.82) is 0 Å². The van der Waals surface area contributed by atoms with Crippen molar-refractivity contribution in [2.45, 2.75) is 6.67 Å². The first kappa shape index (κ1) is 18.1. The van der Waals surface area contributed by atoms with E-state index in [4.69, 9.17) is 28.9 Å². The van der Waals surface area contributed by atoms with E-state index in [1.165, 1.54) is 4.90 Å². The molecule has 2 aromatic heterocycles. The first-order chi connectivity index (χ1) is 13.1. The molecule has 1 aliphatic rings. The van der Waals surface area contributed by atoms with Crippen molar-refractivity contribution in [2.75, 3.05) is 31.1 Å². The summed E-state index contributed by atoms with van der Waals surface area (Å²) in [5, 5.41) is 5.47. The highest BCUT2D eigenvalue weighted by atomic mass is 35.5. The monoisotopic (exact) mass is 402 g/mol. The summed E-state index contributed by atoms with van der Waals surface area (Å²) in [5.74, 6) is 1.66. The van der Waals surface area contributed by atoms with Gasteiger partial charge < -0.3 is 14.4 Å². The minimum Gasteiger partial charge on any atom is -0.330 e. The van der Waals surface area contributed by atoms with E-state index in [0.717, 1.165) is 55.0 Å². The Hall–Kier alpha value is -2.29. The third-order valence-corrected chi connectivity index (χ3v) is 5.56. The highest BCUT2D eigenvalue weighted by Gasteiger charge is 2.23. The Morgan fingerprint density at radius 2 is 1.78 bits per heavy atom. The number of hydrogen-bond acceptors (Lipinski definition) is 5. The molecule has 0 bridgehead atoms. The van der Waals surface area contributed by atoms with E-state index < -0.39 is 0 Å². The third-order valence-electron chi connectivity index (χ3n) is 4.82. The van der Waals surface area contributed by atoms with Gasteiger partial charge in [-0.2, -0.15) is 4.68 Å². The summed E-state index contributed by atoms with van der Waals surface area (Å²) in [6.45, 7) is 4.58. The maximum Gasteiger partial charge on any atom is 0.225 e. The van der Waals surface area contributed by atoms with Gasteiger partial charge in [0.25, 0.3) is 0 Å². The molecule has 1 N–H and O–H groups in total. The normalized spacial score (nSPS) is 15.3. The number of quaternary nitrogens is 1.